The molecule has 1 fully saturated rings. The largest absolute Gasteiger partial charge is 0.328 e. The van der Waals surface area contributed by atoms with Gasteiger partial charge in [-0.05, 0) is 37.4 Å². The van der Waals surface area contributed by atoms with Crippen LogP contribution < -0.4 is 5.73 Å². The molecule has 1 heterocycles. The third kappa shape index (κ3) is 3.27. The van der Waals surface area contributed by atoms with Crippen LogP contribution in [0, 0.1) is 21.8 Å². The third-order valence-corrected chi connectivity index (χ3v) is 3.67. The van der Waals surface area contributed by atoms with Gasteiger partial charge in [0.15, 0.2) is 0 Å². The van der Waals surface area contributed by atoms with E-state index in [1.165, 1.54) is 12.1 Å². The molecular formula is C13H18FN3O2. The number of nitrogens with two attached hydrogens (primary N) is 1. The molecule has 2 rings (SSSR count). The Morgan fingerprint density at radius 1 is 1.63 bits per heavy atom. The fourth-order valence-electron chi connectivity index (χ4n) is 2.49. The maximum atomic E-state index is 13.5. The lowest BCUT2D eigenvalue weighted by Gasteiger charge is -2.17. The molecular weight excluding hydrogens is 249 g/mol. The second-order valence-corrected chi connectivity index (χ2v) is 5.19. The van der Waals surface area contributed by atoms with Gasteiger partial charge in [0, 0.05) is 25.2 Å². The van der Waals surface area contributed by atoms with E-state index in [0.29, 0.717) is 12.5 Å². The molecule has 1 aromatic carbocycles. The van der Waals surface area contributed by atoms with E-state index in [1.54, 1.807) is 6.07 Å². The molecule has 0 saturated carbocycles. The number of nitrogens with zero attached hydrogens (tertiary/aromatic N) is 2. The molecule has 0 aliphatic carbocycles. The molecule has 0 spiro atoms. The number of nitro benzene ring substituents is 1. The standard InChI is InChI=1S/C13H18FN3O2/c1-9(15)11-4-5-16(8-11)7-10-2-3-13(17(18)19)12(14)6-10/h2-3,6,9,11H,4-5,7-8,15H2,1H3. The summed E-state index contributed by atoms with van der Waals surface area (Å²) in [4.78, 5) is 12.0. The van der Waals surface area contributed by atoms with Gasteiger partial charge >= 0.3 is 5.69 Å². The highest BCUT2D eigenvalue weighted by Gasteiger charge is 2.25. The summed E-state index contributed by atoms with van der Waals surface area (Å²) in [6.45, 7) is 4.44. The molecule has 1 aliphatic heterocycles. The Hall–Kier alpha value is -1.53. The summed E-state index contributed by atoms with van der Waals surface area (Å²) >= 11 is 0. The monoisotopic (exact) mass is 267 g/mol. The van der Waals surface area contributed by atoms with Gasteiger partial charge in [-0.3, -0.25) is 15.0 Å². The molecule has 0 amide bonds. The van der Waals surface area contributed by atoms with Crippen molar-refractivity contribution in [2.24, 2.45) is 11.7 Å². The summed E-state index contributed by atoms with van der Waals surface area (Å²) in [6, 6.07) is 4.25. The van der Waals surface area contributed by atoms with Crippen molar-refractivity contribution in [2.75, 3.05) is 13.1 Å². The van der Waals surface area contributed by atoms with Gasteiger partial charge in [-0.1, -0.05) is 6.07 Å². The average molecular weight is 267 g/mol. The van der Waals surface area contributed by atoms with Crippen LogP contribution in [0.3, 0.4) is 0 Å². The first-order chi connectivity index (χ1) is 8.97. The lowest BCUT2D eigenvalue weighted by Crippen LogP contribution is -2.29. The Morgan fingerprint density at radius 3 is 2.89 bits per heavy atom. The van der Waals surface area contributed by atoms with Gasteiger partial charge in [0.1, 0.15) is 0 Å². The molecule has 1 aromatic rings. The van der Waals surface area contributed by atoms with E-state index in [2.05, 4.69) is 4.90 Å². The smallest absolute Gasteiger partial charge is 0.304 e. The van der Waals surface area contributed by atoms with Crippen molar-refractivity contribution in [2.45, 2.75) is 25.9 Å². The zero-order chi connectivity index (χ0) is 14.0. The zero-order valence-electron chi connectivity index (χ0n) is 10.9. The minimum Gasteiger partial charge on any atom is -0.328 e. The van der Waals surface area contributed by atoms with Crippen molar-refractivity contribution in [1.82, 2.24) is 4.90 Å². The van der Waals surface area contributed by atoms with Gasteiger partial charge in [0.2, 0.25) is 5.82 Å². The van der Waals surface area contributed by atoms with Gasteiger partial charge in [-0.25, -0.2) is 0 Å². The van der Waals surface area contributed by atoms with Crippen LogP contribution in [0.25, 0.3) is 0 Å². The summed E-state index contributed by atoms with van der Waals surface area (Å²) in [5, 5.41) is 10.5. The summed E-state index contributed by atoms with van der Waals surface area (Å²) in [5.41, 5.74) is 6.15. The summed E-state index contributed by atoms with van der Waals surface area (Å²) in [6.07, 6.45) is 1.05. The molecule has 1 saturated heterocycles. The van der Waals surface area contributed by atoms with Gasteiger partial charge in [0.25, 0.3) is 0 Å². The highest BCUT2D eigenvalue weighted by atomic mass is 19.1. The van der Waals surface area contributed by atoms with E-state index < -0.39 is 16.4 Å². The predicted molar refractivity (Wildman–Crippen MR) is 70.1 cm³/mol. The summed E-state index contributed by atoms with van der Waals surface area (Å²) in [5.74, 6) is -0.298. The first-order valence-electron chi connectivity index (χ1n) is 6.38. The van der Waals surface area contributed by atoms with E-state index in [9.17, 15) is 14.5 Å². The molecule has 5 nitrogen and oxygen atoms in total. The first kappa shape index (κ1) is 13.9. The van der Waals surface area contributed by atoms with Crippen molar-refractivity contribution < 1.29 is 9.31 Å². The Bertz CT molecular complexity index is 479. The van der Waals surface area contributed by atoms with Crippen LogP contribution in [0.4, 0.5) is 10.1 Å². The number of halogens is 1. The maximum absolute atomic E-state index is 13.5. The number of nitro groups is 1. The molecule has 6 heteroatoms. The van der Waals surface area contributed by atoms with Crippen LogP contribution in [0.1, 0.15) is 18.9 Å². The Morgan fingerprint density at radius 2 is 2.37 bits per heavy atom. The lowest BCUT2D eigenvalue weighted by molar-refractivity contribution is -0.387. The van der Waals surface area contributed by atoms with Crippen LogP contribution >= 0.6 is 0 Å². The molecule has 0 bridgehead atoms. The van der Waals surface area contributed by atoms with Crippen molar-refractivity contribution in [3.05, 3.63) is 39.7 Å². The molecule has 0 aromatic heterocycles. The molecule has 19 heavy (non-hydrogen) atoms. The minimum absolute atomic E-state index is 0.165. The minimum atomic E-state index is -0.773. The third-order valence-electron chi connectivity index (χ3n) is 3.67. The highest BCUT2D eigenvalue weighted by molar-refractivity contribution is 5.35. The van der Waals surface area contributed by atoms with Crippen molar-refractivity contribution in [1.29, 1.82) is 0 Å². The number of benzene rings is 1. The first-order valence-corrected chi connectivity index (χ1v) is 6.38. The zero-order valence-corrected chi connectivity index (χ0v) is 10.9. The van der Waals surface area contributed by atoms with E-state index in [0.717, 1.165) is 25.1 Å². The SMILES string of the molecule is CC(N)C1CCN(Cc2ccc([N+](=O)[O-])c(F)c2)C1. The van der Waals surface area contributed by atoms with Crippen molar-refractivity contribution >= 4 is 5.69 Å². The van der Waals surface area contributed by atoms with Gasteiger partial charge < -0.3 is 5.73 Å². The second kappa shape index (κ2) is 5.63. The van der Waals surface area contributed by atoms with E-state index in [-0.39, 0.29) is 6.04 Å². The molecule has 0 radical (unpaired) electrons. The maximum Gasteiger partial charge on any atom is 0.304 e. The molecule has 104 valence electrons. The van der Waals surface area contributed by atoms with Crippen LogP contribution in [0.15, 0.2) is 18.2 Å². The van der Waals surface area contributed by atoms with E-state index >= 15 is 0 Å². The fourth-order valence-corrected chi connectivity index (χ4v) is 2.49. The number of likely N-dealkylation sites (tertiary alicyclic amines) is 1. The van der Waals surface area contributed by atoms with E-state index in [4.69, 9.17) is 5.73 Å². The van der Waals surface area contributed by atoms with Crippen LogP contribution in [0.2, 0.25) is 0 Å². The second-order valence-electron chi connectivity index (χ2n) is 5.19. The molecule has 2 unspecified atom stereocenters. The molecule has 2 atom stereocenters. The Balaban J connectivity index is 2.01. The normalized spacial score (nSPS) is 21.5. The number of hydrogen-bond donors (Lipinski definition) is 1. The molecule has 1 aliphatic rings. The summed E-state index contributed by atoms with van der Waals surface area (Å²) < 4.78 is 13.5. The highest BCUT2D eigenvalue weighted by Crippen LogP contribution is 2.23. The van der Waals surface area contributed by atoms with Crippen molar-refractivity contribution in [3.63, 3.8) is 0 Å². The summed E-state index contributed by atoms with van der Waals surface area (Å²) in [7, 11) is 0. The van der Waals surface area contributed by atoms with Gasteiger partial charge in [-0.15, -0.1) is 0 Å². The predicted octanol–water partition coefficient (Wildman–Crippen LogP) is 1.90. The number of hydrogen-bond acceptors (Lipinski definition) is 4. The topological polar surface area (TPSA) is 72.4 Å². The fraction of sp³-hybridized carbons (Fsp3) is 0.538. The van der Waals surface area contributed by atoms with Crippen molar-refractivity contribution in [3.8, 4) is 0 Å². The van der Waals surface area contributed by atoms with Gasteiger partial charge in [-0.2, -0.15) is 4.39 Å². The lowest BCUT2D eigenvalue weighted by atomic mass is 10.0. The Kier molecular flexibility index (Phi) is 4.11. The van der Waals surface area contributed by atoms with Gasteiger partial charge in [0.05, 0.1) is 4.92 Å². The molecule has 2 N–H and O–H groups in total. The van der Waals surface area contributed by atoms with E-state index in [1.807, 2.05) is 6.92 Å². The quantitative estimate of drug-likeness (QED) is 0.668. The Labute approximate surface area is 111 Å². The van der Waals surface area contributed by atoms with Crippen LogP contribution in [-0.4, -0.2) is 29.0 Å². The van der Waals surface area contributed by atoms with Crippen LogP contribution in [-0.2, 0) is 6.54 Å². The number of rotatable bonds is 4. The average Bonchev–Trinajstić information content (AvgIpc) is 2.77. The van der Waals surface area contributed by atoms with Crippen LogP contribution in [0.5, 0.6) is 0 Å².